The molecule has 6 heteroatoms. The maximum Gasteiger partial charge on any atom is 0.321 e. The number of urea groups is 1. The Morgan fingerprint density at radius 1 is 1.39 bits per heavy atom. The molecular formula is C12H15ClN2O3. The Morgan fingerprint density at radius 2 is 2.06 bits per heavy atom. The number of hydrogen-bond donors (Lipinski definition) is 2. The summed E-state index contributed by atoms with van der Waals surface area (Å²) in [5.41, 5.74) is 0.512. The van der Waals surface area contributed by atoms with Crippen molar-refractivity contribution in [2.45, 2.75) is 13.3 Å². The van der Waals surface area contributed by atoms with Crippen molar-refractivity contribution < 1.29 is 14.7 Å². The van der Waals surface area contributed by atoms with Crippen molar-refractivity contribution in [2.24, 2.45) is 0 Å². The van der Waals surface area contributed by atoms with Crippen LogP contribution in [0.3, 0.4) is 0 Å². The van der Waals surface area contributed by atoms with Gasteiger partial charge in [0.2, 0.25) is 0 Å². The van der Waals surface area contributed by atoms with Crippen LogP contribution in [0.15, 0.2) is 24.3 Å². The van der Waals surface area contributed by atoms with E-state index in [1.807, 2.05) is 0 Å². The van der Waals surface area contributed by atoms with E-state index in [9.17, 15) is 9.59 Å². The van der Waals surface area contributed by atoms with Gasteiger partial charge in [0.15, 0.2) is 0 Å². The van der Waals surface area contributed by atoms with E-state index in [0.29, 0.717) is 17.3 Å². The molecule has 0 heterocycles. The molecule has 18 heavy (non-hydrogen) atoms. The van der Waals surface area contributed by atoms with Crippen LogP contribution in [0, 0.1) is 0 Å². The number of para-hydroxylation sites is 1. The number of amides is 2. The van der Waals surface area contributed by atoms with E-state index in [-0.39, 0.29) is 19.0 Å². The summed E-state index contributed by atoms with van der Waals surface area (Å²) < 4.78 is 0. The van der Waals surface area contributed by atoms with E-state index in [1.54, 1.807) is 31.2 Å². The molecule has 0 saturated carbocycles. The van der Waals surface area contributed by atoms with E-state index in [4.69, 9.17) is 16.7 Å². The summed E-state index contributed by atoms with van der Waals surface area (Å²) in [6.45, 7) is 2.39. The van der Waals surface area contributed by atoms with Crippen LogP contribution in [-0.4, -0.2) is 35.1 Å². The van der Waals surface area contributed by atoms with Crippen molar-refractivity contribution >= 4 is 29.3 Å². The fraction of sp³-hybridized carbons (Fsp3) is 0.333. The lowest BCUT2D eigenvalue weighted by atomic mass is 10.3. The molecule has 0 bridgehead atoms. The van der Waals surface area contributed by atoms with E-state index in [0.717, 1.165) is 0 Å². The number of carboxylic acids is 1. The number of nitrogens with zero attached hydrogens (tertiary/aromatic N) is 1. The molecule has 0 aliphatic carbocycles. The van der Waals surface area contributed by atoms with Crippen LogP contribution in [0.4, 0.5) is 10.5 Å². The van der Waals surface area contributed by atoms with Gasteiger partial charge in [-0.2, -0.15) is 0 Å². The zero-order chi connectivity index (χ0) is 13.5. The molecule has 1 aromatic carbocycles. The number of benzene rings is 1. The van der Waals surface area contributed by atoms with Gasteiger partial charge >= 0.3 is 12.0 Å². The van der Waals surface area contributed by atoms with Crippen molar-refractivity contribution in [1.82, 2.24) is 4.90 Å². The van der Waals surface area contributed by atoms with E-state index in [2.05, 4.69) is 5.32 Å². The Kier molecular flexibility index (Phi) is 5.45. The number of anilines is 1. The molecular weight excluding hydrogens is 256 g/mol. The van der Waals surface area contributed by atoms with Gasteiger partial charge in [0.05, 0.1) is 17.1 Å². The number of carbonyl (C=O) groups is 2. The molecule has 0 unspecified atom stereocenters. The number of hydrogen-bond acceptors (Lipinski definition) is 2. The lowest BCUT2D eigenvalue weighted by Gasteiger charge is -2.20. The summed E-state index contributed by atoms with van der Waals surface area (Å²) in [5.74, 6) is -0.931. The second kappa shape index (κ2) is 6.86. The normalized spacial score (nSPS) is 9.89. The SMILES string of the molecule is CCN(CCC(=O)O)C(=O)Nc1ccccc1Cl. The highest BCUT2D eigenvalue weighted by atomic mass is 35.5. The van der Waals surface area contributed by atoms with Gasteiger partial charge < -0.3 is 15.3 Å². The Bertz CT molecular complexity index is 437. The van der Waals surface area contributed by atoms with Gasteiger partial charge in [0.1, 0.15) is 0 Å². The Balaban J connectivity index is 2.62. The molecule has 98 valence electrons. The molecule has 2 N–H and O–H groups in total. The molecule has 5 nitrogen and oxygen atoms in total. The molecule has 0 saturated heterocycles. The van der Waals surface area contributed by atoms with Crippen LogP contribution in [0.2, 0.25) is 5.02 Å². The van der Waals surface area contributed by atoms with Gasteiger partial charge in [-0.25, -0.2) is 4.79 Å². The molecule has 0 fully saturated rings. The average Bonchev–Trinajstić information content (AvgIpc) is 2.32. The van der Waals surface area contributed by atoms with Gasteiger partial charge in [0.25, 0.3) is 0 Å². The molecule has 0 atom stereocenters. The Hall–Kier alpha value is -1.75. The summed E-state index contributed by atoms with van der Waals surface area (Å²) in [4.78, 5) is 23.8. The Morgan fingerprint density at radius 3 is 2.61 bits per heavy atom. The molecule has 0 radical (unpaired) electrons. The van der Waals surface area contributed by atoms with E-state index < -0.39 is 5.97 Å². The molecule has 0 aliphatic heterocycles. The van der Waals surface area contributed by atoms with Gasteiger partial charge in [-0.15, -0.1) is 0 Å². The lowest BCUT2D eigenvalue weighted by molar-refractivity contribution is -0.137. The number of carboxylic acid groups (broad SMARTS) is 1. The molecule has 0 spiro atoms. The summed E-state index contributed by atoms with van der Waals surface area (Å²) >= 11 is 5.92. The highest BCUT2D eigenvalue weighted by Gasteiger charge is 2.13. The first-order valence-corrected chi connectivity index (χ1v) is 5.94. The van der Waals surface area contributed by atoms with Crippen molar-refractivity contribution in [1.29, 1.82) is 0 Å². The van der Waals surface area contributed by atoms with Gasteiger partial charge in [0, 0.05) is 13.1 Å². The zero-order valence-corrected chi connectivity index (χ0v) is 10.8. The summed E-state index contributed by atoms with van der Waals surface area (Å²) in [7, 11) is 0. The molecule has 1 rings (SSSR count). The summed E-state index contributed by atoms with van der Waals surface area (Å²) in [6, 6.07) is 6.53. The quantitative estimate of drug-likeness (QED) is 0.864. The second-order valence-electron chi connectivity index (χ2n) is 3.63. The number of carbonyl (C=O) groups excluding carboxylic acids is 1. The maximum absolute atomic E-state index is 11.9. The standard InChI is InChI=1S/C12H15ClN2O3/c1-2-15(8-7-11(16)17)12(18)14-10-6-4-3-5-9(10)13/h3-6H,2,7-8H2,1H3,(H,14,18)(H,16,17). The van der Waals surface area contributed by atoms with Crippen LogP contribution in [0.25, 0.3) is 0 Å². The van der Waals surface area contributed by atoms with Crippen molar-refractivity contribution in [3.05, 3.63) is 29.3 Å². The third-order valence-electron chi connectivity index (χ3n) is 2.38. The van der Waals surface area contributed by atoms with Crippen LogP contribution in [-0.2, 0) is 4.79 Å². The van der Waals surface area contributed by atoms with Crippen molar-refractivity contribution in [2.75, 3.05) is 18.4 Å². The molecule has 0 aliphatic rings. The minimum absolute atomic E-state index is 0.0796. The molecule has 1 aromatic rings. The van der Waals surface area contributed by atoms with E-state index >= 15 is 0 Å². The smallest absolute Gasteiger partial charge is 0.321 e. The first-order chi connectivity index (χ1) is 8.54. The van der Waals surface area contributed by atoms with Gasteiger partial charge in [-0.1, -0.05) is 23.7 Å². The third kappa shape index (κ3) is 4.25. The zero-order valence-electron chi connectivity index (χ0n) is 10.0. The lowest BCUT2D eigenvalue weighted by Crippen LogP contribution is -2.36. The topological polar surface area (TPSA) is 69.6 Å². The predicted molar refractivity (Wildman–Crippen MR) is 70.0 cm³/mol. The maximum atomic E-state index is 11.9. The largest absolute Gasteiger partial charge is 0.481 e. The number of halogens is 1. The summed E-state index contributed by atoms with van der Waals surface area (Å²) in [6.07, 6.45) is -0.0796. The van der Waals surface area contributed by atoms with Crippen LogP contribution in [0.5, 0.6) is 0 Å². The highest BCUT2D eigenvalue weighted by molar-refractivity contribution is 6.33. The first-order valence-electron chi connectivity index (χ1n) is 5.56. The molecule has 0 aromatic heterocycles. The minimum atomic E-state index is -0.931. The summed E-state index contributed by atoms with van der Waals surface area (Å²) in [5, 5.41) is 11.7. The van der Waals surface area contributed by atoms with E-state index in [1.165, 1.54) is 4.90 Å². The van der Waals surface area contributed by atoms with Gasteiger partial charge in [-0.05, 0) is 19.1 Å². The first kappa shape index (κ1) is 14.3. The van der Waals surface area contributed by atoms with Gasteiger partial charge in [-0.3, -0.25) is 4.79 Å². The van der Waals surface area contributed by atoms with Crippen molar-refractivity contribution in [3.8, 4) is 0 Å². The predicted octanol–water partition coefficient (Wildman–Crippen LogP) is 2.67. The third-order valence-corrected chi connectivity index (χ3v) is 2.71. The van der Waals surface area contributed by atoms with Crippen LogP contribution in [0.1, 0.15) is 13.3 Å². The number of nitrogens with one attached hydrogen (secondary N) is 1. The Labute approximate surface area is 110 Å². The highest BCUT2D eigenvalue weighted by Crippen LogP contribution is 2.20. The number of aliphatic carboxylic acids is 1. The van der Waals surface area contributed by atoms with Crippen LogP contribution >= 0.6 is 11.6 Å². The van der Waals surface area contributed by atoms with Crippen LogP contribution < -0.4 is 5.32 Å². The number of rotatable bonds is 5. The van der Waals surface area contributed by atoms with Crippen molar-refractivity contribution in [3.63, 3.8) is 0 Å². The average molecular weight is 271 g/mol. The molecule has 2 amide bonds. The minimum Gasteiger partial charge on any atom is -0.481 e. The monoisotopic (exact) mass is 270 g/mol. The second-order valence-corrected chi connectivity index (χ2v) is 4.04. The fourth-order valence-corrected chi connectivity index (χ4v) is 1.57. The fourth-order valence-electron chi connectivity index (χ4n) is 1.39.